The van der Waals surface area contributed by atoms with Crippen molar-refractivity contribution in [3.05, 3.63) is 53.2 Å². The van der Waals surface area contributed by atoms with Crippen molar-refractivity contribution in [2.75, 3.05) is 38.7 Å². The fourth-order valence-corrected chi connectivity index (χ4v) is 3.74. The van der Waals surface area contributed by atoms with Gasteiger partial charge in [0.15, 0.2) is 5.96 Å². The lowest BCUT2D eigenvalue weighted by atomic mass is 10.0. The molecule has 158 valence electrons. The highest BCUT2D eigenvalue weighted by atomic mass is 127. The van der Waals surface area contributed by atoms with Gasteiger partial charge in [0, 0.05) is 44.8 Å². The zero-order valence-electron chi connectivity index (χ0n) is 17.1. The molecule has 1 aliphatic heterocycles. The van der Waals surface area contributed by atoms with Gasteiger partial charge in [-0.25, -0.2) is 4.98 Å². The molecule has 2 N–H and O–H groups in total. The van der Waals surface area contributed by atoms with Gasteiger partial charge >= 0.3 is 0 Å². The summed E-state index contributed by atoms with van der Waals surface area (Å²) in [5.41, 5.74) is 1.18. The standard InChI is InChI=1S/C21H28ClN5O.HI/c1-15(17-7-4-5-9-19(17)28-3)13-25-21(23-2)26-16-10-12-27(14-16)20-18(22)8-6-11-24-20;/h4-9,11,15-16H,10,12-14H2,1-3H3,(H2,23,25,26);1H. The number of benzene rings is 1. The van der Waals surface area contributed by atoms with Crippen LogP contribution < -0.4 is 20.3 Å². The van der Waals surface area contributed by atoms with Crippen LogP contribution in [0.1, 0.15) is 24.8 Å². The fraction of sp³-hybridized carbons (Fsp3) is 0.429. The first kappa shape index (κ1) is 23.5. The molecule has 3 rings (SSSR count). The second-order valence-corrected chi connectivity index (χ2v) is 7.39. The van der Waals surface area contributed by atoms with Crippen molar-refractivity contribution in [3.8, 4) is 5.75 Å². The number of anilines is 1. The Hall–Kier alpha value is -1.74. The summed E-state index contributed by atoms with van der Waals surface area (Å²) in [7, 11) is 3.50. The van der Waals surface area contributed by atoms with Gasteiger partial charge in [0.05, 0.1) is 12.1 Å². The molecular formula is C21H29ClIN5O. The predicted octanol–water partition coefficient (Wildman–Crippen LogP) is 3.91. The molecule has 2 aromatic rings. The highest BCUT2D eigenvalue weighted by Crippen LogP contribution is 2.26. The lowest BCUT2D eigenvalue weighted by Gasteiger charge is -2.22. The van der Waals surface area contributed by atoms with Crippen LogP contribution in [0.3, 0.4) is 0 Å². The molecule has 0 aliphatic carbocycles. The third kappa shape index (κ3) is 6.12. The molecule has 0 saturated carbocycles. The summed E-state index contributed by atoms with van der Waals surface area (Å²) in [5.74, 6) is 2.86. The van der Waals surface area contributed by atoms with E-state index < -0.39 is 0 Å². The summed E-state index contributed by atoms with van der Waals surface area (Å²) in [6.07, 6.45) is 2.79. The molecule has 0 spiro atoms. The molecule has 0 amide bonds. The van der Waals surface area contributed by atoms with Crippen molar-refractivity contribution in [2.24, 2.45) is 4.99 Å². The molecular weight excluding hydrogens is 501 g/mol. The van der Waals surface area contributed by atoms with Gasteiger partial charge in [-0.1, -0.05) is 36.7 Å². The topological polar surface area (TPSA) is 61.8 Å². The van der Waals surface area contributed by atoms with Gasteiger partial charge in [-0.15, -0.1) is 24.0 Å². The number of hydrogen-bond acceptors (Lipinski definition) is 4. The number of hydrogen-bond donors (Lipinski definition) is 2. The number of aromatic nitrogens is 1. The smallest absolute Gasteiger partial charge is 0.191 e. The molecule has 1 aromatic heterocycles. The maximum atomic E-state index is 6.28. The maximum absolute atomic E-state index is 6.28. The minimum atomic E-state index is 0. The number of nitrogens with one attached hydrogen (secondary N) is 2. The lowest BCUT2D eigenvalue weighted by Crippen LogP contribution is -2.45. The van der Waals surface area contributed by atoms with Crippen LogP contribution in [0.15, 0.2) is 47.6 Å². The van der Waals surface area contributed by atoms with Crippen molar-refractivity contribution in [1.82, 2.24) is 15.6 Å². The van der Waals surface area contributed by atoms with Crippen LogP contribution in [0, 0.1) is 0 Å². The Morgan fingerprint density at radius 1 is 1.34 bits per heavy atom. The fourth-order valence-electron chi connectivity index (χ4n) is 3.50. The van der Waals surface area contributed by atoms with Crippen LogP contribution in [-0.2, 0) is 0 Å². The van der Waals surface area contributed by atoms with E-state index in [9.17, 15) is 0 Å². The predicted molar refractivity (Wildman–Crippen MR) is 131 cm³/mol. The summed E-state index contributed by atoms with van der Waals surface area (Å²) in [4.78, 5) is 11.0. The quantitative estimate of drug-likeness (QED) is 0.338. The van der Waals surface area contributed by atoms with E-state index in [2.05, 4.69) is 38.5 Å². The van der Waals surface area contributed by atoms with E-state index in [0.29, 0.717) is 17.0 Å². The lowest BCUT2D eigenvalue weighted by molar-refractivity contribution is 0.406. The Morgan fingerprint density at radius 3 is 2.86 bits per heavy atom. The van der Waals surface area contributed by atoms with E-state index in [0.717, 1.165) is 43.6 Å². The number of pyridine rings is 1. The molecule has 1 saturated heterocycles. The number of guanidine groups is 1. The van der Waals surface area contributed by atoms with Crippen molar-refractivity contribution in [2.45, 2.75) is 25.3 Å². The van der Waals surface area contributed by atoms with Crippen LogP contribution in [0.25, 0.3) is 0 Å². The molecule has 8 heteroatoms. The van der Waals surface area contributed by atoms with Gasteiger partial charge in [-0.2, -0.15) is 0 Å². The molecule has 2 atom stereocenters. The van der Waals surface area contributed by atoms with Crippen LogP contribution >= 0.6 is 35.6 Å². The minimum absolute atomic E-state index is 0. The molecule has 29 heavy (non-hydrogen) atoms. The Morgan fingerprint density at radius 2 is 2.14 bits per heavy atom. The molecule has 0 bridgehead atoms. The number of aliphatic imine (C=N–C) groups is 1. The Kier molecular flexibility index (Phi) is 9.29. The molecule has 0 radical (unpaired) electrons. The number of nitrogens with zero attached hydrogens (tertiary/aromatic N) is 3. The summed E-state index contributed by atoms with van der Waals surface area (Å²) in [6.45, 7) is 4.71. The van der Waals surface area contributed by atoms with E-state index in [-0.39, 0.29) is 24.0 Å². The van der Waals surface area contributed by atoms with Gasteiger partial charge in [-0.3, -0.25) is 4.99 Å². The van der Waals surface area contributed by atoms with Gasteiger partial charge in [0.25, 0.3) is 0 Å². The number of methoxy groups -OCH3 is 1. The SMILES string of the molecule is CN=C(NCC(C)c1ccccc1OC)NC1CCN(c2ncccc2Cl)C1.I. The molecule has 1 aliphatic rings. The summed E-state index contributed by atoms with van der Waals surface area (Å²) in [6, 6.07) is 12.2. The Balaban J connectivity index is 0.00000300. The van der Waals surface area contributed by atoms with Crippen LogP contribution in [0.4, 0.5) is 5.82 Å². The summed E-state index contributed by atoms with van der Waals surface area (Å²) < 4.78 is 5.47. The van der Waals surface area contributed by atoms with Crippen molar-refractivity contribution < 1.29 is 4.74 Å². The average molecular weight is 530 g/mol. The highest BCUT2D eigenvalue weighted by molar-refractivity contribution is 14.0. The van der Waals surface area contributed by atoms with Gasteiger partial charge in [-0.05, 0) is 30.2 Å². The van der Waals surface area contributed by atoms with E-state index >= 15 is 0 Å². The van der Waals surface area contributed by atoms with E-state index in [1.165, 1.54) is 5.56 Å². The molecule has 2 unspecified atom stereocenters. The van der Waals surface area contributed by atoms with Crippen molar-refractivity contribution in [1.29, 1.82) is 0 Å². The van der Waals surface area contributed by atoms with Crippen LogP contribution in [0.2, 0.25) is 5.02 Å². The van der Waals surface area contributed by atoms with Gasteiger partial charge in [0.2, 0.25) is 0 Å². The second-order valence-electron chi connectivity index (χ2n) is 6.98. The monoisotopic (exact) mass is 529 g/mol. The Labute approximate surface area is 195 Å². The first-order valence-corrected chi connectivity index (χ1v) is 9.95. The normalized spacial score (nSPS) is 17.4. The maximum Gasteiger partial charge on any atom is 0.191 e. The van der Waals surface area contributed by atoms with Gasteiger partial charge < -0.3 is 20.3 Å². The van der Waals surface area contributed by atoms with Gasteiger partial charge in [0.1, 0.15) is 11.6 Å². The average Bonchev–Trinajstić information content (AvgIpc) is 3.19. The largest absolute Gasteiger partial charge is 0.496 e. The molecule has 6 nitrogen and oxygen atoms in total. The number of rotatable bonds is 6. The molecule has 1 aromatic carbocycles. The third-order valence-corrected chi connectivity index (χ3v) is 5.33. The van der Waals surface area contributed by atoms with Crippen molar-refractivity contribution in [3.63, 3.8) is 0 Å². The van der Waals surface area contributed by atoms with Crippen LogP contribution in [0.5, 0.6) is 5.75 Å². The van der Waals surface area contributed by atoms with Crippen LogP contribution in [-0.4, -0.2) is 50.8 Å². The first-order chi connectivity index (χ1) is 13.6. The highest BCUT2D eigenvalue weighted by Gasteiger charge is 2.25. The number of halogens is 2. The first-order valence-electron chi connectivity index (χ1n) is 9.58. The number of ether oxygens (including phenoxy) is 1. The zero-order chi connectivity index (χ0) is 19.9. The molecule has 2 heterocycles. The minimum Gasteiger partial charge on any atom is -0.496 e. The number of para-hydroxylation sites is 1. The summed E-state index contributed by atoms with van der Waals surface area (Å²) >= 11 is 6.28. The zero-order valence-corrected chi connectivity index (χ0v) is 20.1. The summed E-state index contributed by atoms with van der Waals surface area (Å²) in [5, 5.41) is 7.64. The van der Waals surface area contributed by atoms with E-state index in [1.54, 1.807) is 20.4 Å². The third-order valence-electron chi connectivity index (χ3n) is 5.04. The van der Waals surface area contributed by atoms with E-state index in [1.807, 2.05) is 30.3 Å². The Bertz CT molecular complexity index is 819. The van der Waals surface area contributed by atoms with Crippen molar-refractivity contribution >= 4 is 47.4 Å². The second kappa shape index (κ2) is 11.4. The molecule has 1 fully saturated rings. The van der Waals surface area contributed by atoms with E-state index in [4.69, 9.17) is 16.3 Å².